The van der Waals surface area contributed by atoms with Gasteiger partial charge in [-0.05, 0) is 61.7 Å². The van der Waals surface area contributed by atoms with Crippen LogP contribution in [0.3, 0.4) is 0 Å². The highest BCUT2D eigenvalue weighted by atomic mass is 35.5. The molecule has 0 amide bonds. The van der Waals surface area contributed by atoms with E-state index < -0.39 is 5.97 Å². The minimum absolute atomic E-state index is 0.148. The lowest BCUT2D eigenvalue weighted by Crippen LogP contribution is -2.33. The number of piperidine rings is 1. The van der Waals surface area contributed by atoms with Gasteiger partial charge in [0.25, 0.3) is 0 Å². The first-order valence-electron chi connectivity index (χ1n) is 11.4. The van der Waals surface area contributed by atoms with E-state index in [-0.39, 0.29) is 6.10 Å². The van der Waals surface area contributed by atoms with Crippen LogP contribution in [0.1, 0.15) is 47.5 Å². The number of H-pyrrole nitrogens is 1. The van der Waals surface area contributed by atoms with Gasteiger partial charge >= 0.3 is 5.97 Å². The third-order valence-electron chi connectivity index (χ3n) is 6.35. The summed E-state index contributed by atoms with van der Waals surface area (Å²) in [7, 11) is 0. The predicted molar refractivity (Wildman–Crippen MR) is 129 cm³/mol. The topological polar surface area (TPSA) is 87.7 Å². The number of para-hydroxylation sites is 1. The molecule has 1 atom stereocenters. The molecule has 3 aromatic rings. The van der Waals surface area contributed by atoms with Crippen molar-refractivity contribution in [1.29, 1.82) is 0 Å². The van der Waals surface area contributed by atoms with E-state index in [1.165, 1.54) is 11.6 Å². The van der Waals surface area contributed by atoms with Crippen LogP contribution in [0.25, 0.3) is 6.08 Å². The summed E-state index contributed by atoms with van der Waals surface area (Å²) in [6, 6.07) is 13.9. The van der Waals surface area contributed by atoms with E-state index in [1.807, 2.05) is 36.4 Å². The zero-order valence-electron chi connectivity index (χ0n) is 18.6. The van der Waals surface area contributed by atoms with Crippen LogP contribution in [0.15, 0.2) is 54.7 Å². The van der Waals surface area contributed by atoms with Crippen LogP contribution in [0.4, 0.5) is 0 Å². The monoisotopic (exact) mass is 479 g/mol. The van der Waals surface area contributed by atoms with Gasteiger partial charge in [0.1, 0.15) is 12.4 Å². The van der Waals surface area contributed by atoms with Crippen molar-refractivity contribution in [2.75, 3.05) is 19.7 Å². The number of likely N-dealkylation sites (tertiary alicyclic amines) is 1. The van der Waals surface area contributed by atoms with Crippen LogP contribution in [0.2, 0.25) is 5.02 Å². The maximum atomic E-state index is 10.7. The highest BCUT2D eigenvalue weighted by molar-refractivity contribution is 6.30. The second-order valence-electron chi connectivity index (χ2n) is 8.65. The van der Waals surface area contributed by atoms with Crippen LogP contribution < -0.4 is 9.47 Å². The SMILES string of the molecule is O=C(O)C=Cc1cnc(CN2CCC(c3cccc4c3OCC(c3ccc(Cl)cc3)O4)CC2)[nH]1. The number of halogens is 1. The number of nitrogens with one attached hydrogen (secondary N) is 1. The van der Waals surface area contributed by atoms with Gasteiger partial charge in [0.15, 0.2) is 17.6 Å². The molecule has 0 saturated carbocycles. The number of carbonyl (C=O) groups is 1. The molecule has 2 aliphatic rings. The standard InChI is InChI=1S/C26H26ClN3O4/c27-19-6-4-18(5-7-19)23-16-33-26-21(2-1-3-22(26)34-23)17-10-12-30(13-11-17)15-24-28-14-20(29-24)8-9-25(31)32/h1-9,14,17,23H,10-13,15-16H2,(H,28,29)(H,31,32). The van der Waals surface area contributed by atoms with Gasteiger partial charge in [0.05, 0.1) is 18.4 Å². The number of aromatic amines is 1. The summed E-state index contributed by atoms with van der Waals surface area (Å²) in [5, 5.41) is 9.46. The number of rotatable bonds is 6. The molecular weight excluding hydrogens is 454 g/mol. The van der Waals surface area contributed by atoms with E-state index in [4.69, 9.17) is 26.2 Å². The summed E-state index contributed by atoms with van der Waals surface area (Å²) in [6.07, 6.45) is 6.17. The van der Waals surface area contributed by atoms with Crippen LogP contribution in [-0.2, 0) is 11.3 Å². The van der Waals surface area contributed by atoms with Crippen LogP contribution in [0, 0.1) is 0 Å². The number of nitrogens with zero attached hydrogens (tertiary/aromatic N) is 2. The quantitative estimate of drug-likeness (QED) is 0.481. The lowest BCUT2D eigenvalue weighted by atomic mass is 9.88. The maximum Gasteiger partial charge on any atom is 0.328 e. The van der Waals surface area contributed by atoms with E-state index in [9.17, 15) is 4.79 Å². The molecule has 3 heterocycles. The second-order valence-corrected chi connectivity index (χ2v) is 9.09. The van der Waals surface area contributed by atoms with E-state index in [0.29, 0.717) is 29.8 Å². The van der Waals surface area contributed by atoms with Crippen LogP contribution in [-0.4, -0.2) is 45.6 Å². The molecule has 2 aliphatic heterocycles. The summed E-state index contributed by atoms with van der Waals surface area (Å²) in [5.41, 5.74) is 2.95. The molecule has 176 valence electrons. The lowest BCUT2D eigenvalue weighted by Gasteiger charge is -2.34. The minimum atomic E-state index is -0.976. The van der Waals surface area contributed by atoms with E-state index in [1.54, 1.807) is 6.20 Å². The number of benzene rings is 2. The number of carboxylic acid groups (broad SMARTS) is 1. The fourth-order valence-electron chi connectivity index (χ4n) is 4.61. The molecule has 1 aromatic heterocycles. The van der Waals surface area contributed by atoms with Crippen molar-refractivity contribution < 1.29 is 19.4 Å². The Hall–Kier alpha value is -3.29. The molecule has 1 unspecified atom stereocenters. The van der Waals surface area contributed by atoms with Gasteiger partial charge in [-0.2, -0.15) is 0 Å². The molecule has 34 heavy (non-hydrogen) atoms. The van der Waals surface area contributed by atoms with Gasteiger partial charge < -0.3 is 19.6 Å². The van der Waals surface area contributed by atoms with Crippen molar-refractivity contribution in [3.05, 3.63) is 82.4 Å². The molecule has 2 aromatic carbocycles. The normalized spacial score (nSPS) is 18.9. The van der Waals surface area contributed by atoms with E-state index in [0.717, 1.165) is 54.9 Å². The first-order valence-corrected chi connectivity index (χ1v) is 11.8. The van der Waals surface area contributed by atoms with Crippen LogP contribution >= 0.6 is 11.6 Å². The molecule has 0 aliphatic carbocycles. The molecule has 1 fully saturated rings. The van der Waals surface area contributed by atoms with Gasteiger partial charge in [-0.3, -0.25) is 4.90 Å². The average molecular weight is 480 g/mol. The Bertz CT molecular complexity index is 1180. The van der Waals surface area contributed by atoms with Crippen molar-refractivity contribution in [1.82, 2.24) is 14.9 Å². The Morgan fingerprint density at radius 2 is 2.00 bits per heavy atom. The first kappa shape index (κ1) is 22.5. The Morgan fingerprint density at radius 1 is 1.21 bits per heavy atom. The molecule has 0 bridgehead atoms. The fourth-order valence-corrected chi connectivity index (χ4v) is 4.73. The number of aliphatic carboxylic acids is 1. The number of imidazole rings is 1. The van der Waals surface area contributed by atoms with Crippen molar-refractivity contribution in [2.24, 2.45) is 0 Å². The van der Waals surface area contributed by atoms with Crippen molar-refractivity contribution >= 4 is 23.6 Å². The van der Waals surface area contributed by atoms with Gasteiger partial charge in [0, 0.05) is 16.7 Å². The van der Waals surface area contributed by atoms with Gasteiger partial charge in [-0.15, -0.1) is 0 Å². The highest BCUT2D eigenvalue weighted by Crippen LogP contribution is 2.44. The van der Waals surface area contributed by atoms with Crippen LogP contribution in [0.5, 0.6) is 11.5 Å². The Labute approximate surface area is 203 Å². The molecule has 8 heteroatoms. The predicted octanol–water partition coefficient (Wildman–Crippen LogP) is 5.05. The largest absolute Gasteiger partial charge is 0.485 e. The molecule has 0 radical (unpaired) electrons. The van der Waals surface area contributed by atoms with E-state index >= 15 is 0 Å². The summed E-state index contributed by atoms with van der Waals surface area (Å²) in [6.45, 7) is 3.08. The Morgan fingerprint density at radius 3 is 2.76 bits per heavy atom. The smallest absolute Gasteiger partial charge is 0.328 e. The molecule has 2 N–H and O–H groups in total. The summed E-state index contributed by atoms with van der Waals surface area (Å²) in [4.78, 5) is 20.6. The second kappa shape index (κ2) is 9.91. The number of ether oxygens (including phenoxy) is 2. The molecule has 1 saturated heterocycles. The molecule has 5 rings (SSSR count). The van der Waals surface area contributed by atoms with E-state index in [2.05, 4.69) is 20.9 Å². The van der Waals surface area contributed by atoms with Gasteiger partial charge in [-0.1, -0.05) is 35.9 Å². The maximum absolute atomic E-state index is 10.7. The third kappa shape index (κ3) is 5.11. The van der Waals surface area contributed by atoms with Crippen molar-refractivity contribution in [2.45, 2.75) is 31.4 Å². The van der Waals surface area contributed by atoms with Crippen molar-refractivity contribution in [3.8, 4) is 11.5 Å². The van der Waals surface area contributed by atoms with Gasteiger partial charge in [-0.25, -0.2) is 9.78 Å². The lowest BCUT2D eigenvalue weighted by molar-refractivity contribution is -0.131. The average Bonchev–Trinajstić information content (AvgIpc) is 3.30. The first-order chi connectivity index (χ1) is 16.5. The number of carboxylic acids is 1. The Kier molecular flexibility index (Phi) is 6.56. The molecule has 0 spiro atoms. The minimum Gasteiger partial charge on any atom is -0.485 e. The third-order valence-corrected chi connectivity index (χ3v) is 6.61. The molecular formula is C26H26ClN3O4. The number of hydrogen-bond donors (Lipinski definition) is 2. The summed E-state index contributed by atoms with van der Waals surface area (Å²) >= 11 is 6.02. The van der Waals surface area contributed by atoms with Gasteiger partial charge in [0.2, 0.25) is 0 Å². The number of fused-ring (bicyclic) bond motifs is 1. The summed E-state index contributed by atoms with van der Waals surface area (Å²) in [5.74, 6) is 1.94. The summed E-state index contributed by atoms with van der Waals surface area (Å²) < 4.78 is 12.5. The van der Waals surface area contributed by atoms with Crippen molar-refractivity contribution in [3.63, 3.8) is 0 Å². The molecule has 7 nitrogen and oxygen atoms in total. The number of aromatic nitrogens is 2. The fraction of sp³-hybridized carbons (Fsp3) is 0.308. The number of hydrogen-bond acceptors (Lipinski definition) is 5. The highest BCUT2D eigenvalue weighted by Gasteiger charge is 2.29. The zero-order valence-corrected chi connectivity index (χ0v) is 19.4. The Balaban J connectivity index is 1.20. The zero-order chi connectivity index (χ0) is 23.5.